The van der Waals surface area contributed by atoms with Crippen LogP contribution < -0.4 is 5.73 Å². The van der Waals surface area contributed by atoms with E-state index in [0.29, 0.717) is 5.56 Å². The molecule has 1 saturated heterocycles. The predicted octanol–water partition coefficient (Wildman–Crippen LogP) is 0.703. The molecular formula is C23H29NO11. The van der Waals surface area contributed by atoms with Crippen LogP contribution in [0.15, 0.2) is 30.3 Å². The lowest BCUT2D eigenvalue weighted by Crippen LogP contribution is -2.63. The number of benzene rings is 1. The molecule has 0 saturated carbocycles. The third kappa shape index (κ3) is 8.65. The Hall–Kier alpha value is -3.51. The Morgan fingerprint density at radius 2 is 1.37 bits per heavy atom. The van der Waals surface area contributed by atoms with Crippen molar-refractivity contribution in [2.24, 2.45) is 5.73 Å². The largest absolute Gasteiger partial charge is 0.463 e. The van der Waals surface area contributed by atoms with Crippen molar-refractivity contribution in [2.75, 3.05) is 6.61 Å². The second-order valence-electron chi connectivity index (χ2n) is 7.77. The normalized spacial score (nSPS) is 24.5. The minimum Gasteiger partial charge on any atom is -0.463 e. The summed E-state index contributed by atoms with van der Waals surface area (Å²) in [5, 5.41) is 0. The zero-order valence-electron chi connectivity index (χ0n) is 19.8. The lowest BCUT2D eigenvalue weighted by molar-refractivity contribution is -0.317. The minimum atomic E-state index is -1.43. The van der Waals surface area contributed by atoms with Crippen molar-refractivity contribution in [3.63, 3.8) is 0 Å². The van der Waals surface area contributed by atoms with Gasteiger partial charge in [-0.25, -0.2) is 0 Å². The van der Waals surface area contributed by atoms with Crippen LogP contribution in [-0.2, 0) is 52.4 Å². The van der Waals surface area contributed by atoms with E-state index in [0.717, 1.165) is 20.8 Å². The molecule has 2 N–H and O–H groups in total. The first kappa shape index (κ1) is 27.7. The highest BCUT2D eigenvalue weighted by atomic mass is 16.7. The van der Waals surface area contributed by atoms with Crippen LogP contribution >= 0.6 is 0 Å². The quantitative estimate of drug-likeness (QED) is 0.358. The highest BCUT2D eigenvalue weighted by molar-refractivity contribution is 5.74. The lowest BCUT2D eigenvalue weighted by atomic mass is 9.97. The third-order valence-corrected chi connectivity index (χ3v) is 4.80. The maximum atomic E-state index is 11.9. The van der Waals surface area contributed by atoms with Gasteiger partial charge >= 0.3 is 23.9 Å². The fourth-order valence-corrected chi connectivity index (χ4v) is 3.56. The van der Waals surface area contributed by atoms with Gasteiger partial charge in [0.2, 0.25) is 5.91 Å². The Bertz CT molecular complexity index is 919. The van der Waals surface area contributed by atoms with E-state index >= 15 is 0 Å². The van der Waals surface area contributed by atoms with E-state index in [9.17, 15) is 24.0 Å². The van der Waals surface area contributed by atoms with Crippen molar-refractivity contribution in [1.29, 1.82) is 0 Å². The molecule has 1 heterocycles. The number of amides is 1. The van der Waals surface area contributed by atoms with E-state index in [1.807, 2.05) is 0 Å². The van der Waals surface area contributed by atoms with Crippen molar-refractivity contribution in [2.45, 2.75) is 70.9 Å². The summed E-state index contributed by atoms with van der Waals surface area (Å²) < 4.78 is 33.0. The Labute approximate surface area is 201 Å². The molecule has 1 aromatic carbocycles. The SMILES string of the molecule is CC(=O)OC[C@H]1O[C@@H](OC(CC(N)=O)c2ccccc2)[C@H](OC(C)=O)[C@@H](OC(C)=O)[C@@H]1OC(C)=O. The molecule has 0 aromatic heterocycles. The van der Waals surface area contributed by atoms with Gasteiger partial charge in [0.25, 0.3) is 0 Å². The summed E-state index contributed by atoms with van der Waals surface area (Å²) in [6.07, 6.45) is -7.90. The van der Waals surface area contributed by atoms with Gasteiger partial charge < -0.3 is 34.2 Å². The number of carbonyl (C=O) groups is 5. The van der Waals surface area contributed by atoms with Gasteiger partial charge in [0.15, 0.2) is 24.6 Å². The number of rotatable bonds is 10. The number of carbonyl (C=O) groups excluding carboxylic acids is 5. The Balaban J connectivity index is 2.50. The monoisotopic (exact) mass is 495 g/mol. The molecule has 12 nitrogen and oxygen atoms in total. The first-order valence-electron chi connectivity index (χ1n) is 10.8. The van der Waals surface area contributed by atoms with Crippen LogP contribution in [0.4, 0.5) is 0 Å². The summed E-state index contributed by atoms with van der Waals surface area (Å²) in [7, 11) is 0. The van der Waals surface area contributed by atoms with Crippen LogP contribution in [0.2, 0.25) is 0 Å². The molecule has 1 unspecified atom stereocenters. The van der Waals surface area contributed by atoms with E-state index < -0.39 is 73.2 Å². The molecule has 1 amide bonds. The van der Waals surface area contributed by atoms with E-state index in [1.165, 1.54) is 6.92 Å². The molecule has 1 fully saturated rings. The van der Waals surface area contributed by atoms with E-state index in [4.69, 9.17) is 34.2 Å². The molecular weight excluding hydrogens is 466 g/mol. The van der Waals surface area contributed by atoms with Crippen molar-refractivity contribution in [3.05, 3.63) is 35.9 Å². The first-order valence-corrected chi connectivity index (χ1v) is 10.8. The fraction of sp³-hybridized carbons (Fsp3) is 0.522. The molecule has 0 bridgehead atoms. The van der Waals surface area contributed by atoms with Crippen molar-refractivity contribution in [3.8, 4) is 0 Å². The standard InChI is InChI=1S/C23H29NO11/c1-12(25)30-11-18-20(31-13(2)26)21(32-14(3)27)22(33-15(4)28)23(35-18)34-17(10-19(24)29)16-8-6-5-7-9-16/h5-9,17-18,20-23H,10-11H2,1-4H3,(H2,24,29)/t17?,18-,20-,21+,22-,23-/m1/s1. The molecule has 1 aliphatic rings. The van der Waals surface area contributed by atoms with Crippen molar-refractivity contribution in [1.82, 2.24) is 0 Å². The average Bonchev–Trinajstić information content (AvgIpc) is 2.75. The van der Waals surface area contributed by atoms with Gasteiger partial charge in [-0.3, -0.25) is 24.0 Å². The van der Waals surface area contributed by atoms with Crippen LogP contribution in [0.3, 0.4) is 0 Å². The van der Waals surface area contributed by atoms with Gasteiger partial charge in [-0.1, -0.05) is 30.3 Å². The summed E-state index contributed by atoms with van der Waals surface area (Å²) in [5.41, 5.74) is 5.97. The second kappa shape index (κ2) is 12.8. The molecule has 0 aliphatic carbocycles. The Morgan fingerprint density at radius 3 is 1.89 bits per heavy atom. The highest BCUT2D eigenvalue weighted by Crippen LogP contribution is 2.33. The first-order chi connectivity index (χ1) is 16.5. The van der Waals surface area contributed by atoms with E-state index in [-0.39, 0.29) is 6.42 Å². The Kier molecular flexibility index (Phi) is 10.2. The number of ether oxygens (including phenoxy) is 6. The van der Waals surface area contributed by atoms with Gasteiger partial charge in [0.1, 0.15) is 12.7 Å². The van der Waals surface area contributed by atoms with Gasteiger partial charge in [0.05, 0.1) is 12.5 Å². The molecule has 6 atom stereocenters. The third-order valence-electron chi connectivity index (χ3n) is 4.80. The maximum absolute atomic E-state index is 11.9. The molecule has 1 aliphatic heterocycles. The molecule has 192 valence electrons. The van der Waals surface area contributed by atoms with Crippen LogP contribution in [0.1, 0.15) is 45.8 Å². The number of esters is 4. The van der Waals surface area contributed by atoms with Gasteiger partial charge in [-0.05, 0) is 5.56 Å². The van der Waals surface area contributed by atoms with Crippen molar-refractivity contribution < 1.29 is 52.4 Å². The van der Waals surface area contributed by atoms with Crippen LogP contribution in [0.25, 0.3) is 0 Å². The predicted molar refractivity (Wildman–Crippen MR) is 116 cm³/mol. The Morgan fingerprint density at radius 1 is 0.829 bits per heavy atom. The van der Waals surface area contributed by atoms with Gasteiger partial charge in [-0.2, -0.15) is 0 Å². The summed E-state index contributed by atoms with van der Waals surface area (Å²) in [6, 6.07) is 8.59. The van der Waals surface area contributed by atoms with E-state index in [1.54, 1.807) is 30.3 Å². The van der Waals surface area contributed by atoms with Crippen LogP contribution in [-0.4, -0.2) is 67.1 Å². The molecule has 1 aromatic rings. The average molecular weight is 495 g/mol. The highest BCUT2D eigenvalue weighted by Gasteiger charge is 2.53. The van der Waals surface area contributed by atoms with Crippen LogP contribution in [0, 0.1) is 0 Å². The molecule has 12 heteroatoms. The topological polar surface area (TPSA) is 167 Å². The van der Waals surface area contributed by atoms with Gasteiger partial charge in [0, 0.05) is 27.7 Å². The molecule has 0 spiro atoms. The van der Waals surface area contributed by atoms with Crippen molar-refractivity contribution >= 4 is 29.8 Å². The summed E-state index contributed by atoms with van der Waals surface area (Å²) in [6.45, 7) is 4.12. The number of hydrogen-bond donors (Lipinski definition) is 1. The summed E-state index contributed by atoms with van der Waals surface area (Å²) in [4.78, 5) is 58.8. The maximum Gasteiger partial charge on any atom is 0.303 e. The fourth-order valence-electron chi connectivity index (χ4n) is 3.56. The van der Waals surface area contributed by atoms with Gasteiger partial charge in [-0.15, -0.1) is 0 Å². The molecule has 35 heavy (non-hydrogen) atoms. The molecule has 0 radical (unpaired) electrons. The summed E-state index contributed by atoms with van der Waals surface area (Å²) >= 11 is 0. The zero-order chi connectivity index (χ0) is 26.1. The second-order valence-corrected chi connectivity index (χ2v) is 7.77. The molecule has 2 rings (SSSR count). The van der Waals surface area contributed by atoms with E-state index in [2.05, 4.69) is 0 Å². The summed E-state index contributed by atoms with van der Waals surface area (Å²) in [5.74, 6) is -3.61. The zero-order valence-corrected chi connectivity index (χ0v) is 19.8. The van der Waals surface area contributed by atoms with Crippen LogP contribution in [0.5, 0.6) is 0 Å². The smallest absolute Gasteiger partial charge is 0.303 e. The number of hydrogen-bond acceptors (Lipinski definition) is 11. The lowest BCUT2D eigenvalue weighted by Gasteiger charge is -2.44. The number of primary amides is 1. The minimum absolute atomic E-state index is 0.253. The number of nitrogens with two attached hydrogens (primary N) is 1.